The van der Waals surface area contributed by atoms with Crippen LogP contribution >= 0.6 is 0 Å². The van der Waals surface area contributed by atoms with Crippen LogP contribution in [0.2, 0.25) is 0 Å². The number of benzene rings is 1. The second-order valence-corrected chi connectivity index (χ2v) is 4.37. The van der Waals surface area contributed by atoms with E-state index in [1.54, 1.807) is 0 Å². The van der Waals surface area contributed by atoms with Crippen LogP contribution in [0.5, 0.6) is 0 Å². The average molecular weight is 257 g/mol. The highest BCUT2D eigenvalue weighted by Crippen LogP contribution is 2.27. The van der Waals surface area contributed by atoms with Crippen LogP contribution in [-0.2, 0) is 0 Å². The van der Waals surface area contributed by atoms with Crippen molar-refractivity contribution in [3.05, 3.63) is 41.6 Å². The lowest BCUT2D eigenvalue weighted by Crippen LogP contribution is -2.20. The Bertz CT molecular complexity index is 568. The van der Waals surface area contributed by atoms with Crippen molar-refractivity contribution in [2.45, 2.75) is 20.8 Å². The molecule has 0 atom stereocenters. The van der Waals surface area contributed by atoms with Crippen molar-refractivity contribution in [3.63, 3.8) is 0 Å². The van der Waals surface area contributed by atoms with Crippen molar-refractivity contribution < 1.29 is 0 Å². The molecule has 0 unspecified atom stereocenters. The summed E-state index contributed by atoms with van der Waals surface area (Å²) in [6.45, 7) is 6.94. The first-order valence-corrected chi connectivity index (χ1v) is 6.31. The number of nitrogens with one attached hydrogen (secondary N) is 1. The molecule has 1 heterocycles. The van der Waals surface area contributed by atoms with Gasteiger partial charge in [0.15, 0.2) is 0 Å². The number of aryl methyl sites for hydroxylation is 2. The third kappa shape index (κ3) is 2.82. The fourth-order valence-electron chi connectivity index (χ4n) is 2.08. The van der Waals surface area contributed by atoms with Gasteiger partial charge >= 0.3 is 0 Å². The summed E-state index contributed by atoms with van der Waals surface area (Å²) in [6, 6.07) is 10.2. The van der Waals surface area contributed by atoms with E-state index < -0.39 is 0 Å². The SMILES string of the molecule is CCN(c1cc(C)nc(NN)n1)c1ccccc1C. The van der Waals surface area contributed by atoms with E-state index in [-0.39, 0.29) is 0 Å². The molecule has 5 heteroatoms. The fraction of sp³-hybridized carbons (Fsp3) is 0.286. The van der Waals surface area contributed by atoms with Crippen molar-refractivity contribution in [3.8, 4) is 0 Å². The predicted molar refractivity (Wildman–Crippen MR) is 78.4 cm³/mol. The van der Waals surface area contributed by atoms with Gasteiger partial charge in [-0.25, -0.2) is 10.8 Å². The first kappa shape index (κ1) is 13.3. The van der Waals surface area contributed by atoms with Crippen LogP contribution in [0.25, 0.3) is 0 Å². The van der Waals surface area contributed by atoms with Gasteiger partial charge in [0.2, 0.25) is 5.95 Å². The summed E-state index contributed by atoms with van der Waals surface area (Å²) in [5.41, 5.74) is 5.74. The minimum absolute atomic E-state index is 0.432. The molecule has 1 aromatic heterocycles. The summed E-state index contributed by atoms with van der Waals surface area (Å²) in [5.74, 6) is 6.68. The lowest BCUT2D eigenvalue weighted by atomic mass is 10.2. The summed E-state index contributed by atoms with van der Waals surface area (Å²) in [7, 11) is 0. The molecule has 5 nitrogen and oxygen atoms in total. The Morgan fingerprint density at radius 3 is 2.58 bits per heavy atom. The monoisotopic (exact) mass is 257 g/mol. The Morgan fingerprint density at radius 2 is 1.95 bits per heavy atom. The quantitative estimate of drug-likeness (QED) is 0.651. The van der Waals surface area contributed by atoms with Crippen molar-refractivity contribution in [2.24, 2.45) is 5.84 Å². The van der Waals surface area contributed by atoms with E-state index in [2.05, 4.69) is 46.3 Å². The molecule has 0 bridgehead atoms. The fourth-order valence-corrected chi connectivity index (χ4v) is 2.08. The van der Waals surface area contributed by atoms with Gasteiger partial charge in [0.25, 0.3) is 0 Å². The maximum atomic E-state index is 5.40. The molecule has 3 N–H and O–H groups in total. The van der Waals surface area contributed by atoms with E-state index in [1.807, 2.05) is 25.1 Å². The Morgan fingerprint density at radius 1 is 1.21 bits per heavy atom. The van der Waals surface area contributed by atoms with Gasteiger partial charge in [-0.2, -0.15) is 4.98 Å². The van der Waals surface area contributed by atoms with Crippen LogP contribution < -0.4 is 16.2 Å². The van der Waals surface area contributed by atoms with Crippen LogP contribution in [0.3, 0.4) is 0 Å². The van der Waals surface area contributed by atoms with Crippen LogP contribution in [0, 0.1) is 13.8 Å². The van der Waals surface area contributed by atoms with Crippen molar-refractivity contribution in [1.82, 2.24) is 9.97 Å². The number of nitrogen functional groups attached to an aromatic ring is 1. The smallest absolute Gasteiger partial charge is 0.239 e. The van der Waals surface area contributed by atoms with E-state index >= 15 is 0 Å². The van der Waals surface area contributed by atoms with E-state index in [4.69, 9.17) is 5.84 Å². The van der Waals surface area contributed by atoms with Gasteiger partial charge in [-0.05, 0) is 32.4 Å². The number of rotatable bonds is 4. The van der Waals surface area contributed by atoms with Gasteiger partial charge in [-0.1, -0.05) is 18.2 Å². The summed E-state index contributed by atoms with van der Waals surface area (Å²) < 4.78 is 0. The summed E-state index contributed by atoms with van der Waals surface area (Å²) in [4.78, 5) is 10.8. The molecule has 19 heavy (non-hydrogen) atoms. The normalized spacial score (nSPS) is 10.3. The molecule has 0 fully saturated rings. The number of hydrogen-bond acceptors (Lipinski definition) is 5. The molecule has 100 valence electrons. The minimum atomic E-state index is 0.432. The first-order chi connectivity index (χ1) is 9.15. The molecule has 0 radical (unpaired) electrons. The van der Waals surface area contributed by atoms with Crippen LogP contribution in [0.1, 0.15) is 18.2 Å². The zero-order chi connectivity index (χ0) is 13.8. The van der Waals surface area contributed by atoms with Crippen LogP contribution in [-0.4, -0.2) is 16.5 Å². The number of hydrogen-bond donors (Lipinski definition) is 2. The van der Waals surface area contributed by atoms with Crippen molar-refractivity contribution >= 4 is 17.5 Å². The zero-order valence-corrected chi connectivity index (χ0v) is 11.5. The number of aromatic nitrogens is 2. The van der Waals surface area contributed by atoms with Gasteiger partial charge in [-0.15, -0.1) is 0 Å². The van der Waals surface area contributed by atoms with E-state index in [0.717, 1.165) is 23.7 Å². The molecule has 0 aliphatic heterocycles. The number of nitrogens with zero attached hydrogens (tertiary/aromatic N) is 3. The molecule has 0 aliphatic carbocycles. The van der Waals surface area contributed by atoms with E-state index in [9.17, 15) is 0 Å². The Hall–Kier alpha value is -2.14. The third-order valence-corrected chi connectivity index (χ3v) is 2.97. The van der Waals surface area contributed by atoms with Gasteiger partial charge in [0.1, 0.15) is 5.82 Å². The van der Waals surface area contributed by atoms with Crippen molar-refractivity contribution in [2.75, 3.05) is 16.9 Å². The lowest BCUT2D eigenvalue weighted by molar-refractivity contribution is 0.958. The molecular weight excluding hydrogens is 238 g/mol. The summed E-state index contributed by atoms with van der Waals surface area (Å²) in [6.07, 6.45) is 0. The molecular formula is C14H19N5. The van der Waals surface area contributed by atoms with Crippen LogP contribution in [0.4, 0.5) is 17.5 Å². The van der Waals surface area contributed by atoms with Crippen LogP contribution in [0.15, 0.2) is 30.3 Å². The Kier molecular flexibility index (Phi) is 3.97. The van der Waals surface area contributed by atoms with E-state index in [1.165, 1.54) is 5.56 Å². The number of anilines is 3. The molecule has 0 aliphatic rings. The molecule has 0 spiro atoms. The predicted octanol–water partition coefficient (Wildman–Crippen LogP) is 2.54. The standard InChI is InChI=1S/C14H19N5/c1-4-19(12-8-6-5-7-10(12)2)13-9-11(3)16-14(17-13)18-15/h5-9H,4,15H2,1-3H3,(H,16,17,18). The number of nitrogens with two attached hydrogens (primary N) is 1. The molecule has 2 rings (SSSR count). The molecule has 0 saturated carbocycles. The average Bonchev–Trinajstić information content (AvgIpc) is 2.41. The topological polar surface area (TPSA) is 67.1 Å². The number of hydrazine groups is 1. The molecule has 0 saturated heterocycles. The molecule has 1 aromatic carbocycles. The van der Waals surface area contributed by atoms with Gasteiger partial charge in [0.05, 0.1) is 0 Å². The second kappa shape index (κ2) is 5.67. The third-order valence-electron chi connectivity index (χ3n) is 2.97. The molecule has 2 aromatic rings. The highest BCUT2D eigenvalue weighted by Gasteiger charge is 2.12. The zero-order valence-electron chi connectivity index (χ0n) is 11.5. The van der Waals surface area contributed by atoms with Gasteiger partial charge in [-0.3, -0.25) is 5.43 Å². The maximum absolute atomic E-state index is 5.40. The van der Waals surface area contributed by atoms with Crippen molar-refractivity contribution in [1.29, 1.82) is 0 Å². The lowest BCUT2D eigenvalue weighted by Gasteiger charge is -2.24. The Labute approximate surface area is 113 Å². The van der Waals surface area contributed by atoms with E-state index in [0.29, 0.717) is 5.95 Å². The van der Waals surface area contributed by atoms with Gasteiger partial charge in [0, 0.05) is 24.0 Å². The summed E-state index contributed by atoms with van der Waals surface area (Å²) in [5, 5.41) is 0. The second-order valence-electron chi connectivity index (χ2n) is 4.37. The highest BCUT2D eigenvalue weighted by atomic mass is 15.3. The molecule has 0 amide bonds. The number of para-hydroxylation sites is 1. The maximum Gasteiger partial charge on any atom is 0.239 e. The first-order valence-electron chi connectivity index (χ1n) is 6.31. The van der Waals surface area contributed by atoms with Gasteiger partial charge < -0.3 is 4.90 Å². The minimum Gasteiger partial charge on any atom is -0.326 e. The largest absolute Gasteiger partial charge is 0.326 e. The highest BCUT2D eigenvalue weighted by molar-refractivity contribution is 5.64. The Balaban J connectivity index is 2.48. The summed E-state index contributed by atoms with van der Waals surface area (Å²) >= 11 is 0.